The lowest BCUT2D eigenvalue weighted by atomic mass is 9.82. The smallest absolute Gasteiger partial charge is 0.0290 e. The molecular weight excluding hydrogens is 220 g/mol. The van der Waals surface area contributed by atoms with E-state index < -0.39 is 0 Å². The molecule has 1 heterocycles. The molecule has 1 aromatic carbocycles. The molecule has 0 aromatic heterocycles. The highest BCUT2D eigenvalue weighted by atomic mass is 15.1. The largest absolute Gasteiger partial charge is 0.315 e. The van der Waals surface area contributed by atoms with Crippen molar-refractivity contribution in [3.05, 3.63) is 35.4 Å². The number of nitrogens with one attached hydrogen (secondary N) is 2. The van der Waals surface area contributed by atoms with Crippen LogP contribution in [-0.4, -0.2) is 25.2 Å². The van der Waals surface area contributed by atoms with E-state index in [1.165, 1.54) is 25.7 Å². The maximum atomic E-state index is 3.81. The molecular formula is C16H24N2. The van der Waals surface area contributed by atoms with Gasteiger partial charge in [0.05, 0.1) is 0 Å². The molecule has 0 spiro atoms. The molecule has 0 amide bonds. The first-order valence-corrected chi connectivity index (χ1v) is 7.30. The van der Waals surface area contributed by atoms with Gasteiger partial charge in [-0.25, -0.2) is 0 Å². The predicted octanol–water partition coefficient (Wildman–Crippen LogP) is 2.45. The number of fused-ring (bicyclic) bond motifs is 1. The monoisotopic (exact) mass is 244 g/mol. The Bertz CT molecular complexity index is 407. The summed E-state index contributed by atoms with van der Waals surface area (Å²) >= 11 is 0. The molecule has 2 atom stereocenters. The van der Waals surface area contributed by atoms with E-state index in [1.807, 2.05) is 0 Å². The van der Waals surface area contributed by atoms with Crippen molar-refractivity contribution in [3.63, 3.8) is 0 Å². The van der Waals surface area contributed by atoms with Crippen LogP contribution in [0.4, 0.5) is 0 Å². The molecule has 2 N–H and O–H groups in total. The second-order valence-electron chi connectivity index (χ2n) is 6.16. The summed E-state index contributed by atoms with van der Waals surface area (Å²) in [4.78, 5) is 0. The Balaban J connectivity index is 1.67. The lowest BCUT2D eigenvalue weighted by Gasteiger charge is -2.31. The molecule has 1 aromatic rings. The zero-order valence-electron chi connectivity index (χ0n) is 11.3. The molecule has 98 valence electrons. The van der Waals surface area contributed by atoms with Crippen molar-refractivity contribution in [2.75, 3.05) is 19.6 Å². The van der Waals surface area contributed by atoms with E-state index in [4.69, 9.17) is 0 Å². The summed E-state index contributed by atoms with van der Waals surface area (Å²) < 4.78 is 0. The Morgan fingerprint density at radius 1 is 1.39 bits per heavy atom. The maximum absolute atomic E-state index is 3.81. The quantitative estimate of drug-likeness (QED) is 0.853. The second kappa shape index (κ2) is 5.02. The molecule has 3 rings (SSSR count). The van der Waals surface area contributed by atoms with Crippen LogP contribution in [0.3, 0.4) is 0 Å². The molecule has 0 radical (unpaired) electrons. The Labute approximate surface area is 110 Å². The van der Waals surface area contributed by atoms with Crippen LogP contribution in [-0.2, 0) is 6.42 Å². The fraction of sp³-hybridized carbons (Fsp3) is 0.625. The van der Waals surface area contributed by atoms with Crippen molar-refractivity contribution in [2.45, 2.75) is 44.1 Å². The first-order chi connectivity index (χ1) is 8.77. The van der Waals surface area contributed by atoms with Gasteiger partial charge in [0.1, 0.15) is 0 Å². The van der Waals surface area contributed by atoms with E-state index in [0.29, 0.717) is 11.5 Å². The van der Waals surface area contributed by atoms with Crippen molar-refractivity contribution < 1.29 is 0 Å². The molecule has 2 aliphatic rings. The third-order valence-corrected chi connectivity index (χ3v) is 4.64. The van der Waals surface area contributed by atoms with Gasteiger partial charge in [0.15, 0.2) is 0 Å². The third-order valence-electron chi connectivity index (χ3n) is 4.64. The summed E-state index contributed by atoms with van der Waals surface area (Å²) in [5.41, 5.74) is 3.47. The number of rotatable bonds is 3. The third kappa shape index (κ3) is 2.45. The summed E-state index contributed by atoms with van der Waals surface area (Å²) in [5.74, 6) is 0.715. The average Bonchev–Trinajstić information content (AvgIpc) is 2.84. The summed E-state index contributed by atoms with van der Waals surface area (Å²) in [6.45, 7) is 5.75. The lowest BCUT2D eigenvalue weighted by molar-refractivity contribution is 0.361. The van der Waals surface area contributed by atoms with Gasteiger partial charge in [-0.1, -0.05) is 24.3 Å². The van der Waals surface area contributed by atoms with Crippen LogP contribution in [0.15, 0.2) is 24.3 Å². The highest BCUT2D eigenvalue weighted by Crippen LogP contribution is 2.31. The summed E-state index contributed by atoms with van der Waals surface area (Å²) in [6, 6.07) is 9.00. The van der Waals surface area contributed by atoms with Crippen molar-refractivity contribution in [2.24, 2.45) is 0 Å². The molecule has 0 saturated carbocycles. The minimum absolute atomic E-state index is 0.312. The van der Waals surface area contributed by atoms with E-state index in [9.17, 15) is 0 Å². The van der Waals surface area contributed by atoms with Crippen LogP contribution in [0.25, 0.3) is 0 Å². The Morgan fingerprint density at radius 3 is 3.11 bits per heavy atom. The molecule has 1 fully saturated rings. The molecule has 0 bridgehead atoms. The second-order valence-corrected chi connectivity index (χ2v) is 6.16. The number of aryl methyl sites for hydroxylation is 1. The van der Waals surface area contributed by atoms with E-state index in [-0.39, 0.29) is 0 Å². The van der Waals surface area contributed by atoms with Gasteiger partial charge in [-0.3, -0.25) is 0 Å². The van der Waals surface area contributed by atoms with Crippen LogP contribution in [0.2, 0.25) is 0 Å². The van der Waals surface area contributed by atoms with Gasteiger partial charge < -0.3 is 10.6 Å². The first kappa shape index (κ1) is 12.2. The zero-order chi connectivity index (χ0) is 12.4. The predicted molar refractivity (Wildman–Crippen MR) is 76.0 cm³/mol. The number of benzene rings is 1. The Hall–Kier alpha value is -0.860. The Morgan fingerprint density at radius 2 is 2.28 bits per heavy atom. The molecule has 1 aliphatic heterocycles. The fourth-order valence-electron chi connectivity index (χ4n) is 3.40. The van der Waals surface area contributed by atoms with Gasteiger partial charge >= 0.3 is 0 Å². The van der Waals surface area contributed by atoms with Gasteiger partial charge in [0, 0.05) is 18.6 Å². The normalized spacial score (nSPS) is 31.3. The van der Waals surface area contributed by atoms with Crippen molar-refractivity contribution >= 4 is 0 Å². The van der Waals surface area contributed by atoms with Gasteiger partial charge in [-0.15, -0.1) is 0 Å². The summed E-state index contributed by atoms with van der Waals surface area (Å²) in [5, 5.41) is 7.26. The molecule has 2 heteroatoms. The molecule has 2 unspecified atom stereocenters. The lowest BCUT2D eigenvalue weighted by Crippen LogP contribution is -2.46. The standard InChI is InChI=1S/C16H24N2/c1-16(9-10-17-12-16)18-11-14-7-4-6-13-5-2-3-8-15(13)14/h2-3,5,8,14,17-18H,4,6-7,9-12H2,1H3. The van der Waals surface area contributed by atoms with Crippen LogP contribution in [0.5, 0.6) is 0 Å². The van der Waals surface area contributed by atoms with Gasteiger partial charge in [0.2, 0.25) is 0 Å². The van der Waals surface area contributed by atoms with Gasteiger partial charge in [-0.05, 0) is 56.2 Å². The van der Waals surface area contributed by atoms with Gasteiger partial charge in [-0.2, -0.15) is 0 Å². The van der Waals surface area contributed by atoms with Crippen molar-refractivity contribution in [1.82, 2.24) is 10.6 Å². The fourth-order valence-corrected chi connectivity index (χ4v) is 3.40. The number of hydrogen-bond donors (Lipinski definition) is 2. The summed E-state index contributed by atoms with van der Waals surface area (Å²) in [7, 11) is 0. The van der Waals surface area contributed by atoms with E-state index in [0.717, 1.165) is 19.6 Å². The van der Waals surface area contributed by atoms with E-state index >= 15 is 0 Å². The Kier molecular flexibility index (Phi) is 3.40. The summed E-state index contributed by atoms with van der Waals surface area (Å²) in [6.07, 6.45) is 5.21. The minimum atomic E-state index is 0.312. The molecule has 1 aliphatic carbocycles. The van der Waals surface area contributed by atoms with Crippen LogP contribution in [0, 0.1) is 0 Å². The topological polar surface area (TPSA) is 24.1 Å². The van der Waals surface area contributed by atoms with Crippen molar-refractivity contribution in [1.29, 1.82) is 0 Å². The minimum Gasteiger partial charge on any atom is -0.315 e. The van der Waals surface area contributed by atoms with Crippen molar-refractivity contribution in [3.8, 4) is 0 Å². The molecule has 2 nitrogen and oxygen atoms in total. The SMILES string of the molecule is CC1(NCC2CCCc3ccccc32)CCNC1. The zero-order valence-corrected chi connectivity index (χ0v) is 11.3. The van der Waals surface area contributed by atoms with E-state index in [2.05, 4.69) is 41.8 Å². The van der Waals surface area contributed by atoms with E-state index in [1.54, 1.807) is 11.1 Å². The van der Waals surface area contributed by atoms with Crippen LogP contribution in [0.1, 0.15) is 43.2 Å². The highest BCUT2D eigenvalue weighted by Gasteiger charge is 2.29. The average molecular weight is 244 g/mol. The van der Waals surface area contributed by atoms with Gasteiger partial charge in [0.25, 0.3) is 0 Å². The van der Waals surface area contributed by atoms with Crippen LogP contribution >= 0.6 is 0 Å². The molecule has 18 heavy (non-hydrogen) atoms. The molecule has 1 saturated heterocycles. The first-order valence-electron chi connectivity index (χ1n) is 7.30. The number of hydrogen-bond acceptors (Lipinski definition) is 2. The highest BCUT2D eigenvalue weighted by molar-refractivity contribution is 5.32. The maximum Gasteiger partial charge on any atom is 0.0290 e. The van der Waals surface area contributed by atoms with Crippen LogP contribution < -0.4 is 10.6 Å².